The van der Waals surface area contributed by atoms with Crippen molar-refractivity contribution >= 4 is 5.82 Å². The van der Waals surface area contributed by atoms with E-state index in [1.165, 1.54) is 6.07 Å². The third kappa shape index (κ3) is 4.23. The number of ether oxygens (including phenoxy) is 1. The molecule has 2 aromatic heterocycles. The van der Waals surface area contributed by atoms with Gasteiger partial charge in [0.25, 0.3) is 0 Å². The number of nitrogens with zero attached hydrogens (tertiary/aromatic N) is 4. The van der Waals surface area contributed by atoms with Crippen LogP contribution in [0.5, 0.6) is 5.88 Å². The summed E-state index contributed by atoms with van der Waals surface area (Å²) in [6.45, 7) is 7.52. The molecule has 0 aromatic carbocycles. The van der Waals surface area contributed by atoms with Gasteiger partial charge in [0.15, 0.2) is 0 Å². The maximum atomic E-state index is 12.6. The predicted octanol–water partition coefficient (Wildman–Crippen LogP) is 3.85. The van der Waals surface area contributed by atoms with Crippen LogP contribution in [-0.2, 0) is 11.6 Å². The van der Waals surface area contributed by atoms with E-state index in [1.807, 2.05) is 6.07 Å². The van der Waals surface area contributed by atoms with E-state index in [0.29, 0.717) is 6.54 Å². The van der Waals surface area contributed by atoms with E-state index in [1.54, 1.807) is 6.20 Å². The number of alkyl halides is 3. The van der Waals surface area contributed by atoms with Gasteiger partial charge in [-0.25, -0.2) is 15.0 Å². The molecule has 0 amide bonds. The van der Waals surface area contributed by atoms with Crippen molar-refractivity contribution in [1.29, 1.82) is 0 Å². The zero-order chi connectivity index (χ0) is 18.9. The Labute approximate surface area is 150 Å². The van der Waals surface area contributed by atoms with E-state index >= 15 is 0 Å². The minimum Gasteiger partial charge on any atom is -0.472 e. The van der Waals surface area contributed by atoms with Crippen LogP contribution in [0.3, 0.4) is 0 Å². The lowest BCUT2D eigenvalue weighted by Gasteiger charge is -2.21. The lowest BCUT2D eigenvalue weighted by atomic mass is 9.96. The molecule has 5 nitrogen and oxygen atoms in total. The molecule has 1 unspecified atom stereocenters. The first kappa shape index (κ1) is 18.4. The Bertz CT molecular complexity index is 756. The second-order valence-electron chi connectivity index (χ2n) is 7.35. The number of rotatable bonds is 3. The second-order valence-corrected chi connectivity index (χ2v) is 7.35. The molecule has 3 rings (SSSR count). The number of hydrogen-bond donors (Lipinski definition) is 0. The van der Waals surface area contributed by atoms with Gasteiger partial charge >= 0.3 is 6.18 Å². The Kier molecular flexibility index (Phi) is 4.77. The normalized spacial score (nSPS) is 18.2. The first-order valence-electron chi connectivity index (χ1n) is 8.41. The average molecular weight is 366 g/mol. The summed E-state index contributed by atoms with van der Waals surface area (Å²) in [7, 11) is 0. The summed E-state index contributed by atoms with van der Waals surface area (Å²) in [5, 5.41) is 0. The van der Waals surface area contributed by atoms with Crippen molar-refractivity contribution in [2.45, 2.75) is 44.9 Å². The van der Waals surface area contributed by atoms with Crippen LogP contribution in [0.1, 0.15) is 38.6 Å². The quantitative estimate of drug-likeness (QED) is 0.826. The summed E-state index contributed by atoms with van der Waals surface area (Å²) in [4.78, 5) is 14.8. The van der Waals surface area contributed by atoms with E-state index < -0.39 is 11.7 Å². The van der Waals surface area contributed by atoms with Gasteiger partial charge in [0.05, 0.1) is 12.1 Å². The van der Waals surface area contributed by atoms with Gasteiger partial charge in [0.2, 0.25) is 5.88 Å². The largest absolute Gasteiger partial charge is 0.472 e. The number of anilines is 1. The molecule has 1 aliphatic rings. The molecular weight excluding hydrogens is 345 g/mol. The molecule has 8 heteroatoms. The lowest BCUT2D eigenvalue weighted by Crippen LogP contribution is -2.26. The fraction of sp³-hybridized carbons (Fsp3) is 0.500. The van der Waals surface area contributed by atoms with Crippen LogP contribution in [0.2, 0.25) is 0 Å². The summed E-state index contributed by atoms with van der Waals surface area (Å²) in [6.07, 6.45) is -1.26. The first-order valence-corrected chi connectivity index (χ1v) is 8.41. The molecule has 0 N–H and O–H groups in total. The first-order chi connectivity index (χ1) is 12.1. The summed E-state index contributed by atoms with van der Waals surface area (Å²) >= 11 is 0. The zero-order valence-corrected chi connectivity index (χ0v) is 14.9. The second kappa shape index (κ2) is 6.74. The summed E-state index contributed by atoms with van der Waals surface area (Å²) in [5.74, 6) is 1.79. The van der Waals surface area contributed by atoms with Gasteiger partial charge in [-0.1, -0.05) is 20.8 Å². The third-order valence-electron chi connectivity index (χ3n) is 4.13. The molecule has 26 heavy (non-hydrogen) atoms. The molecule has 0 saturated carbocycles. The molecule has 140 valence electrons. The van der Waals surface area contributed by atoms with Crippen LogP contribution < -0.4 is 9.64 Å². The van der Waals surface area contributed by atoms with Gasteiger partial charge in [0, 0.05) is 36.8 Å². The topological polar surface area (TPSA) is 51.1 Å². The fourth-order valence-electron chi connectivity index (χ4n) is 2.71. The van der Waals surface area contributed by atoms with Gasteiger partial charge in [-0.15, -0.1) is 0 Å². The molecule has 0 radical (unpaired) electrons. The maximum Gasteiger partial charge on any atom is 0.417 e. The third-order valence-corrected chi connectivity index (χ3v) is 4.13. The standard InChI is InChI=1S/C18H21F3N4O/c1-17(2,3)16-22-8-6-14(24-16)25-9-7-13(11-25)26-15-5-4-12(10-23-15)18(19,20)21/h4-6,8,10,13H,7,9,11H2,1-3H3. The minimum absolute atomic E-state index is 0.143. The van der Waals surface area contributed by atoms with Crippen LogP contribution in [0.4, 0.5) is 19.0 Å². The van der Waals surface area contributed by atoms with Crippen molar-refractivity contribution in [2.24, 2.45) is 0 Å². The van der Waals surface area contributed by atoms with Gasteiger partial charge in [-0.2, -0.15) is 13.2 Å². The molecular formula is C18H21F3N4O. The molecule has 0 spiro atoms. The number of aromatic nitrogens is 3. The molecule has 0 bridgehead atoms. The molecule has 3 heterocycles. The van der Waals surface area contributed by atoms with Gasteiger partial charge in [-0.05, 0) is 12.1 Å². The number of halogens is 3. The van der Waals surface area contributed by atoms with Crippen molar-refractivity contribution in [3.63, 3.8) is 0 Å². The molecule has 0 aliphatic carbocycles. The Morgan fingerprint density at radius 3 is 2.50 bits per heavy atom. The van der Waals surface area contributed by atoms with Crippen molar-refractivity contribution in [3.05, 3.63) is 42.0 Å². The monoisotopic (exact) mass is 366 g/mol. The molecule has 1 saturated heterocycles. The van der Waals surface area contributed by atoms with E-state index in [9.17, 15) is 13.2 Å². The molecule has 1 atom stereocenters. The zero-order valence-electron chi connectivity index (χ0n) is 14.9. The SMILES string of the molecule is CC(C)(C)c1nccc(N2CCC(Oc3ccc(C(F)(F)F)cn3)C2)n1. The van der Waals surface area contributed by atoms with Crippen molar-refractivity contribution < 1.29 is 17.9 Å². The maximum absolute atomic E-state index is 12.6. The Morgan fingerprint density at radius 1 is 1.12 bits per heavy atom. The predicted molar refractivity (Wildman–Crippen MR) is 91.2 cm³/mol. The van der Waals surface area contributed by atoms with Crippen LogP contribution >= 0.6 is 0 Å². The highest BCUT2D eigenvalue weighted by atomic mass is 19.4. The van der Waals surface area contributed by atoms with E-state index in [2.05, 4.69) is 40.6 Å². The highest BCUT2D eigenvalue weighted by Crippen LogP contribution is 2.30. The highest BCUT2D eigenvalue weighted by molar-refractivity contribution is 5.40. The lowest BCUT2D eigenvalue weighted by molar-refractivity contribution is -0.137. The van der Waals surface area contributed by atoms with Crippen LogP contribution in [0.25, 0.3) is 0 Å². The van der Waals surface area contributed by atoms with Crippen molar-refractivity contribution in [3.8, 4) is 5.88 Å². The Hall–Kier alpha value is -2.38. The van der Waals surface area contributed by atoms with E-state index in [-0.39, 0.29) is 17.4 Å². The average Bonchev–Trinajstić information content (AvgIpc) is 3.02. The minimum atomic E-state index is -4.40. The van der Waals surface area contributed by atoms with Crippen LogP contribution in [0.15, 0.2) is 30.6 Å². The van der Waals surface area contributed by atoms with Crippen molar-refractivity contribution in [1.82, 2.24) is 15.0 Å². The summed E-state index contributed by atoms with van der Waals surface area (Å²) in [6, 6.07) is 4.09. The van der Waals surface area contributed by atoms with Gasteiger partial charge < -0.3 is 9.64 Å². The summed E-state index contributed by atoms with van der Waals surface area (Å²) < 4.78 is 43.5. The van der Waals surface area contributed by atoms with Gasteiger partial charge in [-0.3, -0.25) is 0 Å². The fourth-order valence-corrected chi connectivity index (χ4v) is 2.71. The smallest absolute Gasteiger partial charge is 0.417 e. The van der Waals surface area contributed by atoms with E-state index in [4.69, 9.17) is 4.74 Å². The highest BCUT2D eigenvalue weighted by Gasteiger charge is 2.31. The summed E-state index contributed by atoms with van der Waals surface area (Å²) in [5.41, 5.74) is -0.927. The molecule has 1 fully saturated rings. The van der Waals surface area contributed by atoms with Crippen LogP contribution in [0, 0.1) is 0 Å². The Balaban J connectivity index is 1.64. The number of pyridine rings is 1. The Morgan fingerprint density at radius 2 is 1.88 bits per heavy atom. The van der Waals surface area contributed by atoms with Crippen LogP contribution in [-0.4, -0.2) is 34.1 Å². The number of hydrogen-bond acceptors (Lipinski definition) is 5. The van der Waals surface area contributed by atoms with Crippen molar-refractivity contribution in [2.75, 3.05) is 18.0 Å². The molecule has 2 aromatic rings. The van der Waals surface area contributed by atoms with E-state index in [0.717, 1.165) is 36.9 Å². The molecule has 1 aliphatic heterocycles. The van der Waals surface area contributed by atoms with Gasteiger partial charge in [0.1, 0.15) is 17.7 Å².